The first-order chi connectivity index (χ1) is 7.70. The number of carbonyl (C=O) groups excluding carboxylic acids is 1. The van der Waals surface area contributed by atoms with Crippen LogP contribution < -0.4 is 10.6 Å². The molecular formula is C12H17N3O. The van der Waals surface area contributed by atoms with Crippen LogP contribution in [0, 0.1) is 5.92 Å². The van der Waals surface area contributed by atoms with Gasteiger partial charge in [0.05, 0.1) is 5.56 Å². The second kappa shape index (κ2) is 4.51. The Kier molecular flexibility index (Phi) is 3.08. The fourth-order valence-corrected chi connectivity index (χ4v) is 2.08. The SMILES string of the molecule is CNc1ccncc1C(=O)NC1CC(C)C1. The maximum atomic E-state index is 11.9. The molecule has 0 saturated heterocycles. The number of amides is 1. The fraction of sp³-hybridized carbons (Fsp3) is 0.500. The highest BCUT2D eigenvalue weighted by atomic mass is 16.1. The summed E-state index contributed by atoms with van der Waals surface area (Å²) >= 11 is 0. The summed E-state index contributed by atoms with van der Waals surface area (Å²) in [6.07, 6.45) is 5.44. The zero-order valence-electron chi connectivity index (χ0n) is 9.66. The predicted molar refractivity (Wildman–Crippen MR) is 63.4 cm³/mol. The maximum Gasteiger partial charge on any atom is 0.255 e. The van der Waals surface area contributed by atoms with Crippen LogP contribution in [0.3, 0.4) is 0 Å². The molecule has 1 fully saturated rings. The third-order valence-corrected chi connectivity index (χ3v) is 3.04. The number of nitrogens with zero attached hydrogens (tertiary/aromatic N) is 1. The van der Waals surface area contributed by atoms with Gasteiger partial charge in [0.2, 0.25) is 0 Å². The molecule has 0 aliphatic heterocycles. The van der Waals surface area contributed by atoms with Crippen molar-refractivity contribution in [1.82, 2.24) is 10.3 Å². The molecule has 2 rings (SSSR count). The van der Waals surface area contributed by atoms with Gasteiger partial charge in [-0.3, -0.25) is 9.78 Å². The number of anilines is 1. The monoisotopic (exact) mass is 219 g/mol. The summed E-state index contributed by atoms with van der Waals surface area (Å²) in [5.74, 6) is 0.706. The third kappa shape index (κ3) is 2.15. The Labute approximate surface area is 95.5 Å². The Morgan fingerprint density at radius 1 is 1.50 bits per heavy atom. The van der Waals surface area contributed by atoms with Crippen LogP contribution in [0.4, 0.5) is 5.69 Å². The van der Waals surface area contributed by atoms with Crippen molar-refractivity contribution in [1.29, 1.82) is 0 Å². The lowest BCUT2D eigenvalue weighted by molar-refractivity contribution is 0.0896. The largest absolute Gasteiger partial charge is 0.387 e. The number of rotatable bonds is 3. The molecule has 0 unspecified atom stereocenters. The van der Waals surface area contributed by atoms with E-state index < -0.39 is 0 Å². The second-order valence-corrected chi connectivity index (χ2v) is 4.42. The number of nitrogens with one attached hydrogen (secondary N) is 2. The van der Waals surface area contributed by atoms with Crippen molar-refractivity contribution < 1.29 is 4.79 Å². The van der Waals surface area contributed by atoms with E-state index in [1.807, 2.05) is 0 Å². The van der Waals surface area contributed by atoms with Gasteiger partial charge in [0.15, 0.2) is 0 Å². The van der Waals surface area contributed by atoms with Crippen LogP contribution in [0.1, 0.15) is 30.1 Å². The molecule has 16 heavy (non-hydrogen) atoms. The van der Waals surface area contributed by atoms with Gasteiger partial charge in [0.1, 0.15) is 0 Å². The number of hydrogen-bond acceptors (Lipinski definition) is 3. The van der Waals surface area contributed by atoms with Crippen LogP contribution in [0.2, 0.25) is 0 Å². The number of hydrogen-bond donors (Lipinski definition) is 2. The van der Waals surface area contributed by atoms with E-state index in [0.717, 1.165) is 24.4 Å². The summed E-state index contributed by atoms with van der Waals surface area (Å²) in [5, 5.41) is 6.01. The van der Waals surface area contributed by atoms with Crippen LogP contribution in [-0.2, 0) is 0 Å². The summed E-state index contributed by atoms with van der Waals surface area (Å²) in [6.45, 7) is 2.20. The highest BCUT2D eigenvalue weighted by Crippen LogP contribution is 2.26. The van der Waals surface area contributed by atoms with E-state index in [2.05, 4.69) is 22.5 Å². The van der Waals surface area contributed by atoms with Crippen LogP contribution in [0.25, 0.3) is 0 Å². The van der Waals surface area contributed by atoms with Crippen molar-refractivity contribution >= 4 is 11.6 Å². The Bertz CT molecular complexity index is 386. The Hall–Kier alpha value is -1.58. The Morgan fingerprint density at radius 2 is 2.25 bits per heavy atom. The molecule has 0 bridgehead atoms. The van der Waals surface area contributed by atoms with E-state index in [-0.39, 0.29) is 5.91 Å². The molecule has 1 heterocycles. The summed E-state index contributed by atoms with van der Waals surface area (Å²) in [7, 11) is 1.80. The summed E-state index contributed by atoms with van der Waals surface area (Å²) < 4.78 is 0. The lowest BCUT2D eigenvalue weighted by Crippen LogP contribution is -2.43. The van der Waals surface area contributed by atoms with Gasteiger partial charge in [0.25, 0.3) is 5.91 Å². The van der Waals surface area contributed by atoms with Gasteiger partial charge < -0.3 is 10.6 Å². The fourth-order valence-electron chi connectivity index (χ4n) is 2.08. The number of pyridine rings is 1. The van der Waals surface area contributed by atoms with E-state index >= 15 is 0 Å². The van der Waals surface area contributed by atoms with Gasteiger partial charge in [-0.25, -0.2) is 0 Å². The van der Waals surface area contributed by atoms with Crippen LogP contribution in [0.15, 0.2) is 18.5 Å². The van der Waals surface area contributed by atoms with Crippen molar-refractivity contribution in [3.63, 3.8) is 0 Å². The van der Waals surface area contributed by atoms with E-state index in [9.17, 15) is 4.79 Å². The smallest absolute Gasteiger partial charge is 0.255 e. The maximum absolute atomic E-state index is 11.9. The molecule has 1 aromatic rings. The van der Waals surface area contributed by atoms with Gasteiger partial charge >= 0.3 is 0 Å². The molecule has 0 atom stereocenters. The zero-order valence-corrected chi connectivity index (χ0v) is 9.66. The molecule has 0 radical (unpaired) electrons. The lowest BCUT2D eigenvalue weighted by atomic mass is 9.82. The Morgan fingerprint density at radius 3 is 2.88 bits per heavy atom. The van der Waals surface area contributed by atoms with E-state index in [0.29, 0.717) is 11.6 Å². The van der Waals surface area contributed by atoms with Gasteiger partial charge in [-0.15, -0.1) is 0 Å². The first-order valence-electron chi connectivity index (χ1n) is 5.63. The normalized spacial score (nSPS) is 23.4. The molecular weight excluding hydrogens is 202 g/mol. The molecule has 0 aromatic carbocycles. The van der Waals surface area contributed by atoms with Crippen molar-refractivity contribution in [2.75, 3.05) is 12.4 Å². The van der Waals surface area contributed by atoms with E-state index in [1.54, 1.807) is 25.5 Å². The highest BCUT2D eigenvalue weighted by Gasteiger charge is 2.27. The minimum Gasteiger partial charge on any atom is -0.387 e. The van der Waals surface area contributed by atoms with Crippen LogP contribution in [0.5, 0.6) is 0 Å². The third-order valence-electron chi connectivity index (χ3n) is 3.04. The van der Waals surface area contributed by atoms with Gasteiger partial charge in [-0.05, 0) is 24.8 Å². The average molecular weight is 219 g/mol. The van der Waals surface area contributed by atoms with Gasteiger partial charge in [-0.1, -0.05) is 6.92 Å². The van der Waals surface area contributed by atoms with E-state index in [4.69, 9.17) is 0 Å². The average Bonchev–Trinajstić information content (AvgIpc) is 2.27. The first kappa shape index (κ1) is 10.9. The molecule has 1 aromatic heterocycles. The standard InChI is InChI=1S/C12H17N3O/c1-8-5-9(6-8)15-12(16)10-7-14-4-3-11(10)13-2/h3-4,7-9H,5-6H2,1-2H3,(H,13,14)(H,15,16). The van der Waals surface area contributed by atoms with Crippen LogP contribution in [-0.4, -0.2) is 24.0 Å². The highest BCUT2D eigenvalue weighted by molar-refractivity contribution is 5.99. The minimum atomic E-state index is -0.0330. The van der Waals surface area contributed by atoms with Gasteiger partial charge in [0, 0.05) is 31.2 Å². The molecule has 1 saturated carbocycles. The quantitative estimate of drug-likeness (QED) is 0.812. The molecule has 0 spiro atoms. The summed E-state index contributed by atoms with van der Waals surface area (Å²) in [4.78, 5) is 15.9. The minimum absolute atomic E-state index is 0.0330. The van der Waals surface area contributed by atoms with Crippen LogP contribution >= 0.6 is 0 Å². The summed E-state index contributed by atoms with van der Waals surface area (Å²) in [5.41, 5.74) is 1.43. The Balaban J connectivity index is 2.03. The molecule has 1 aliphatic rings. The van der Waals surface area contributed by atoms with Crippen molar-refractivity contribution in [3.05, 3.63) is 24.0 Å². The summed E-state index contributed by atoms with van der Waals surface area (Å²) in [6, 6.07) is 2.14. The van der Waals surface area contributed by atoms with Gasteiger partial charge in [-0.2, -0.15) is 0 Å². The van der Waals surface area contributed by atoms with E-state index in [1.165, 1.54) is 0 Å². The second-order valence-electron chi connectivity index (χ2n) is 4.42. The topological polar surface area (TPSA) is 54.0 Å². The lowest BCUT2D eigenvalue weighted by Gasteiger charge is -2.33. The first-order valence-corrected chi connectivity index (χ1v) is 5.63. The number of carbonyl (C=O) groups is 1. The number of aromatic nitrogens is 1. The molecule has 4 heteroatoms. The molecule has 1 aliphatic carbocycles. The van der Waals surface area contributed by atoms with Crippen molar-refractivity contribution in [2.24, 2.45) is 5.92 Å². The molecule has 1 amide bonds. The van der Waals surface area contributed by atoms with Crippen molar-refractivity contribution in [3.8, 4) is 0 Å². The molecule has 2 N–H and O–H groups in total. The predicted octanol–water partition coefficient (Wildman–Crippen LogP) is 1.65. The van der Waals surface area contributed by atoms with Crippen molar-refractivity contribution in [2.45, 2.75) is 25.8 Å². The molecule has 4 nitrogen and oxygen atoms in total. The zero-order chi connectivity index (χ0) is 11.5. The molecule has 86 valence electrons.